The average molecular weight is 306 g/mol. The molecule has 2 heterocycles. The summed E-state index contributed by atoms with van der Waals surface area (Å²) in [5.41, 5.74) is 2.09. The number of hydrogen-bond acceptors (Lipinski definition) is 4. The van der Waals surface area contributed by atoms with Crippen molar-refractivity contribution in [2.24, 2.45) is 0 Å². The van der Waals surface area contributed by atoms with Crippen LogP contribution in [-0.4, -0.2) is 28.2 Å². The quantitative estimate of drug-likeness (QED) is 0.752. The van der Waals surface area contributed by atoms with E-state index in [4.69, 9.17) is 0 Å². The maximum atomic E-state index is 11.7. The molecule has 1 fully saturated rings. The Morgan fingerprint density at radius 1 is 1.17 bits per heavy atom. The number of rotatable bonds is 1. The first-order valence-corrected chi connectivity index (χ1v) is 6.21. The van der Waals surface area contributed by atoms with Crippen LogP contribution in [0.4, 0.5) is 5.69 Å². The molecular weight excluding hydrogens is 298 g/mol. The lowest BCUT2D eigenvalue weighted by Gasteiger charge is -2.17. The van der Waals surface area contributed by atoms with Crippen LogP contribution >= 0.6 is 15.9 Å². The number of ketones is 1. The second-order valence-electron chi connectivity index (χ2n) is 3.95. The van der Waals surface area contributed by atoms with E-state index in [-0.39, 0.29) is 12.2 Å². The van der Waals surface area contributed by atoms with Crippen LogP contribution in [-0.2, 0) is 9.59 Å². The summed E-state index contributed by atoms with van der Waals surface area (Å²) >= 11 is 3.43. The summed E-state index contributed by atoms with van der Waals surface area (Å²) < 4.78 is 0.691. The van der Waals surface area contributed by atoms with Crippen molar-refractivity contribution in [3.63, 3.8) is 0 Å². The Kier molecular flexibility index (Phi) is 2.59. The van der Waals surface area contributed by atoms with Crippen molar-refractivity contribution >= 4 is 44.3 Å². The van der Waals surface area contributed by atoms with E-state index in [1.54, 1.807) is 24.5 Å². The number of hydrogen-bond donors (Lipinski definition) is 0. The molecular formula is C12H8BrN3O2. The lowest BCUT2D eigenvalue weighted by atomic mass is 10.2. The zero-order valence-corrected chi connectivity index (χ0v) is 10.8. The van der Waals surface area contributed by atoms with Gasteiger partial charge in [0.15, 0.2) is 0 Å². The number of nitrogens with zero attached hydrogens (tertiary/aromatic N) is 3. The number of halogens is 1. The monoisotopic (exact) mass is 305 g/mol. The van der Waals surface area contributed by atoms with Crippen LogP contribution in [0.25, 0.3) is 11.0 Å². The molecule has 1 aliphatic heterocycles. The number of amides is 1. The van der Waals surface area contributed by atoms with Crippen molar-refractivity contribution in [3.8, 4) is 0 Å². The minimum Gasteiger partial charge on any atom is -0.304 e. The number of fused-ring (bicyclic) bond motifs is 1. The molecule has 90 valence electrons. The van der Waals surface area contributed by atoms with E-state index in [1.807, 2.05) is 0 Å². The summed E-state index contributed by atoms with van der Waals surface area (Å²) in [7, 11) is 0. The topological polar surface area (TPSA) is 63.2 Å². The normalized spacial score (nSPS) is 15.7. The highest BCUT2D eigenvalue weighted by atomic mass is 79.9. The molecule has 18 heavy (non-hydrogen) atoms. The predicted octanol–water partition coefficient (Wildman–Crippen LogP) is 1.70. The molecule has 0 unspecified atom stereocenters. The average Bonchev–Trinajstić information content (AvgIpc) is 2.71. The third-order valence-corrected chi connectivity index (χ3v) is 3.68. The Hall–Kier alpha value is -1.82. The van der Waals surface area contributed by atoms with Crippen LogP contribution in [0.5, 0.6) is 0 Å². The van der Waals surface area contributed by atoms with Crippen LogP contribution in [0, 0.1) is 0 Å². The standard InChI is InChI=1S/C12H8BrN3O2/c13-10-8(16-6-3-9(17)12(16)18)2-1-7-11(10)15-5-4-14-7/h1-2,4-5H,3,6H2. The molecule has 1 aromatic carbocycles. The third-order valence-electron chi connectivity index (χ3n) is 2.90. The Morgan fingerprint density at radius 2 is 1.94 bits per heavy atom. The molecule has 0 bridgehead atoms. The highest BCUT2D eigenvalue weighted by Crippen LogP contribution is 2.33. The van der Waals surface area contributed by atoms with Gasteiger partial charge in [0, 0.05) is 25.4 Å². The number of carbonyl (C=O) groups is 2. The van der Waals surface area contributed by atoms with Gasteiger partial charge in [-0.1, -0.05) is 0 Å². The van der Waals surface area contributed by atoms with Gasteiger partial charge in [-0.2, -0.15) is 0 Å². The molecule has 3 rings (SSSR count). The van der Waals surface area contributed by atoms with E-state index >= 15 is 0 Å². The van der Waals surface area contributed by atoms with Crippen molar-refractivity contribution in [1.29, 1.82) is 0 Å². The largest absolute Gasteiger partial charge is 0.304 e. The van der Waals surface area contributed by atoms with Crippen molar-refractivity contribution in [2.45, 2.75) is 6.42 Å². The Bertz CT molecular complexity index is 671. The maximum Gasteiger partial charge on any atom is 0.294 e. The SMILES string of the molecule is O=C1CCN(c2ccc3nccnc3c2Br)C1=O. The number of anilines is 1. The van der Waals surface area contributed by atoms with Gasteiger partial charge in [-0.3, -0.25) is 19.6 Å². The van der Waals surface area contributed by atoms with E-state index < -0.39 is 5.91 Å². The summed E-state index contributed by atoms with van der Waals surface area (Å²) in [6.07, 6.45) is 3.47. The number of benzene rings is 1. The van der Waals surface area contributed by atoms with E-state index in [2.05, 4.69) is 25.9 Å². The lowest BCUT2D eigenvalue weighted by molar-refractivity contribution is -0.133. The van der Waals surface area contributed by atoms with Gasteiger partial charge >= 0.3 is 0 Å². The van der Waals surface area contributed by atoms with E-state index in [1.165, 1.54) is 4.90 Å². The smallest absolute Gasteiger partial charge is 0.294 e. The second-order valence-corrected chi connectivity index (χ2v) is 4.75. The number of carbonyl (C=O) groups excluding carboxylic acids is 2. The first-order valence-electron chi connectivity index (χ1n) is 5.42. The van der Waals surface area contributed by atoms with Gasteiger partial charge in [0.1, 0.15) is 5.52 Å². The van der Waals surface area contributed by atoms with Gasteiger partial charge in [-0.25, -0.2) is 0 Å². The van der Waals surface area contributed by atoms with Gasteiger partial charge in [0.2, 0.25) is 5.78 Å². The van der Waals surface area contributed by atoms with Crippen LogP contribution < -0.4 is 4.90 Å². The zero-order chi connectivity index (χ0) is 12.7. The molecule has 0 spiro atoms. The first-order chi connectivity index (χ1) is 8.68. The van der Waals surface area contributed by atoms with Crippen molar-refractivity contribution < 1.29 is 9.59 Å². The van der Waals surface area contributed by atoms with Crippen LogP contribution in [0.2, 0.25) is 0 Å². The van der Waals surface area contributed by atoms with E-state index in [0.717, 1.165) is 5.52 Å². The molecule has 0 radical (unpaired) electrons. The summed E-state index contributed by atoms with van der Waals surface area (Å²) in [5, 5.41) is 0. The van der Waals surface area contributed by atoms with E-state index in [0.29, 0.717) is 22.2 Å². The molecule has 0 atom stereocenters. The zero-order valence-electron chi connectivity index (χ0n) is 9.26. The molecule has 2 aromatic rings. The van der Waals surface area contributed by atoms with Gasteiger partial charge in [-0.15, -0.1) is 0 Å². The molecule has 6 heteroatoms. The fourth-order valence-corrected chi connectivity index (χ4v) is 2.65. The molecule has 5 nitrogen and oxygen atoms in total. The Balaban J connectivity index is 2.16. The number of aromatic nitrogens is 2. The summed E-state index contributed by atoms with van der Waals surface area (Å²) in [4.78, 5) is 32.9. The molecule has 1 aliphatic rings. The summed E-state index contributed by atoms with van der Waals surface area (Å²) in [6, 6.07) is 3.57. The van der Waals surface area contributed by atoms with E-state index in [9.17, 15) is 9.59 Å². The first kappa shape index (κ1) is 11.3. The fourth-order valence-electron chi connectivity index (χ4n) is 2.00. The van der Waals surface area contributed by atoms with Crippen molar-refractivity contribution in [2.75, 3.05) is 11.4 Å². The molecule has 1 aromatic heterocycles. The molecule has 0 aliphatic carbocycles. The Labute approximate surface area is 111 Å². The van der Waals surface area contributed by atoms with Gasteiger partial charge in [0.05, 0.1) is 15.7 Å². The molecule has 0 saturated carbocycles. The minimum atomic E-state index is -0.459. The van der Waals surface area contributed by atoms with Gasteiger partial charge < -0.3 is 4.90 Å². The summed E-state index contributed by atoms with van der Waals surface area (Å²) in [6.45, 7) is 0.419. The van der Waals surface area contributed by atoms with Crippen LogP contribution in [0.1, 0.15) is 6.42 Å². The van der Waals surface area contributed by atoms with Gasteiger partial charge in [0.25, 0.3) is 5.91 Å². The minimum absolute atomic E-state index is 0.268. The maximum absolute atomic E-state index is 11.7. The van der Waals surface area contributed by atoms with Crippen molar-refractivity contribution in [3.05, 3.63) is 29.0 Å². The second kappa shape index (κ2) is 4.13. The Morgan fingerprint density at radius 3 is 2.67 bits per heavy atom. The van der Waals surface area contributed by atoms with Crippen LogP contribution in [0.15, 0.2) is 29.0 Å². The van der Waals surface area contributed by atoms with Crippen LogP contribution in [0.3, 0.4) is 0 Å². The predicted molar refractivity (Wildman–Crippen MR) is 69.2 cm³/mol. The number of Topliss-reactive ketones (excluding diaryl/α,β-unsaturated/α-hetero) is 1. The molecule has 1 saturated heterocycles. The molecule has 0 N–H and O–H groups in total. The van der Waals surface area contributed by atoms with Gasteiger partial charge in [-0.05, 0) is 28.1 Å². The lowest BCUT2D eigenvalue weighted by Crippen LogP contribution is -2.27. The third kappa shape index (κ3) is 1.60. The molecule has 1 amide bonds. The summed E-state index contributed by atoms with van der Waals surface area (Å²) in [5.74, 6) is -0.805. The fraction of sp³-hybridized carbons (Fsp3) is 0.167. The van der Waals surface area contributed by atoms with Crippen molar-refractivity contribution in [1.82, 2.24) is 9.97 Å². The highest BCUT2D eigenvalue weighted by molar-refractivity contribution is 9.10. The highest BCUT2D eigenvalue weighted by Gasteiger charge is 2.31.